The summed E-state index contributed by atoms with van der Waals surface area (Å²) < 4.78 is 10.7. The fourth-order valence-corrected chi connectivity index (χ4v) is 2.28. The number of rotatable bonds is 5. The fraction of sp³-hybridized carbons (Fsp3) is 0.643. The number of ether oxygens (including phenoxy) is 2. The van der Waals surface area contributed by atoms with Gasteiger partial charge in [0.2, 0.25) is 5.88 Å². The van der Waals surface area contributed by atoms with Crippen molar-refractivity contribution in [3.05, 3.63) is 23.9 Å². The van der Waals surface area contributed by atoms with Crippen LogP contribution in [-0.4, -0.2) is 31.9 Å². The maximum Gasteiger partial charge on any atom is 0.217 e. The second-order valence-electron chi connectivity index (χ2n) is 5.20. The molecule has 0 aliphatic carbocycles. The van der Waals surface area contributed by atoms with Crippen molar-refractivity contribution < 1.29 is 9.47 Å². The van der Waals surface area contributed by atoms with Gasteiger partial charge in [-0.3, -0.25) is 0 Å². The smallest absolute Gasteiger partial charge is 0.217 e. The molecule has 2 heterocycles. The zero-order valence-electron chi connectivity index (χ0n) is 11.2. The van der Waals surface area contributed by atoms with Crippen LogP contribution in [-0.2, 0) is 11.3 Å². The van der Waals surface area contributed by atoms with Crippen molar-refractivity contribution in [3.63, 3.8) is 0 Å². The third-order valence-corrected chi connectivity index (χ3v) is 3.61. The zero-order chi connectivity index (χ0) is 12.8. The molecule has 100 valence electrons. The van der Waals surface area contributed by atoms with Gasteiger partial charge in [-0.15, -0.1) is 0 Å². The van der Waals surface area contributed by atoms with Gasteiger partial charge in [0.1, 0.15) is 0 Å². The van der Waals surface area contributed by atoms with E-state index < -0.39 is 0 Å². The molecule has 1 N–H and O–H groups in total. The van der Waals surface area contributed by atoms with Crippen molar-refractivity contribution in [1.82, 2.24) is 10.3 Å². The Balaban J connectivity index is 1.84. The summed E-state index contributed by atoms with van der Waals surface area (Å²) in [4.78, 5) is 4.20. The van der Waals surface area contributed by atoms with Gasteiger partial charge >= 0.3 is 0 Å². The van der Waals surface area contributed by atoms with Crippen molar-refractivity contribution in [2.24, 2.45) is 5.41 Å². The summed E-state index contributed by atoms with van der Waals surface area (Å²) >= 11 is 0. The molecule has 0 spiro atoms. The van der Waals surface area contributed by atoms with E-state index in [4.69, 9.17) is 9.47 Å². The summed E-state index contributed by atoms with van der Waals surface area (Å²) in [7, 11) is 1.66. The van der Waals surface area contributed by atoms with Crippen LogP contribution in [0.25, 0.3) is 0 Å². The van der Waals surface area contributed by atoms with Gasteiger partial charge in [-0.25, -0.2) is 4.98 Å². The molecule has 18 heavy (non-hydrogen) atoms. The minimum Gasteiger partial charge on any atom is -0.481 e. The van der Waals surface area contributed by atoms with Gasteiger partial charge < -0.3 is 14.8 Å². The van der Waals surface area contributed by atoms with Crippen molar-refractivity contribution in [2.45, 2.75) is 26.3 Å². The topological polar surface area (TPSA) is 43.4 Å². The molecule has 4 nitrogen and oxygen atoms in total. The molecule has 1 aromatic rings. The normalized spacial score (nSPS) is 18.6. The van der Waals surface area contributed by atoms with Crippen LogP contribution in [0.4, 0.5) is 0 Å². The Bertz CT molecular complexity index is 376. The van der Waals surface area contributed by atoms with Crippen molar-refractivity contribution in [2.75, 3.05) is 26.9 Å². The quantitative estimate of drug-likeness (QED) is 0.868. The standard InChI is InChI=1S/C14H22N2O2/c1-14(5-8-18-9-6-14)11-15-10-12-4-3-7-16-13(12)17-2/h3-4,7,15H,5-6,8-11H2,1-2H3. The number of nitrogens with zero attached hydrogens (tertiary/aromatic N) is 1. The fourth-order valence-electron chi connectivity index (χ4n) is 2.28. The van der Waals surface area contributed by atoms with E-state index in [9.17, 15) is 0 Å². The third kappa shape index (κ3) is 3.43. The molecule has 0 atom stereocenters. The van der Waals surface area contributed by atoms with Crippen LogP contribution >= 0.6 is 0 Å². The molecule has 1 aromatic heterocycles. The van der Waals surface area contributed by atoms with Crippen molar-refractivity contribution in [1.29, 1.82) is 0 Å². The zero-order valence-corrected chi connectivity index (χ0v) is 11.2. The van der Waals surface area contributed by atoms with Crippen LogP contribution in [0.2, 0.25) is 0 Å². The van der Waals surface area contributed by atoms with E-state index in [0.717, 1.165) is 44.7 Å². The summed E-state index contributed by atoms with van der Waals surface area (Å²) in [6.45, 7) is 5.90. The SMILES string of the molecule is COc1ncccc1CNCC1(C)CCOCC1. The van der Waals surface area contributed by atoms with Gasteiger partial charge in [0, 0.05) is 38.1 Å². The Kier molecular flexibility index (Phi) is 4.55. The number of nitrogens with one attached hydrogen (secondary N) is 1. The molecule has 0 aromatic carbocycles. The Labute approximate surface area is 109 Å². The molecule has 0 unspecified atom stereocenters. The molecule has 4 heteroatoms. The van der Waals surface area contributed by atoms with Crippen LogP contribution in [0.1, 0.15) is 25.3 Å². The molecule has 1 saturated heterocycles. The van der Waals surface area contributed by atoms with E-state index >= 15 is 0 Å². The van der Waals surface area contributed by atoms with E-state index in [-0.39, 0.29) is 0 Å². The molecule has 2 rings (SSSR count). The summed E-state index contributed by atoms with van der Waals surface area (Å²) in [5, 5.41) is 3.51. The van der Waals surface area contributed by atoms with E-state index in [1.807, 2.05) is 12.1 Å². The van der Waals surface area contributed by atoms with Gasteiger partial charge in [0.05, 0.1) is 7.11 Å². The molecular formula is C14H22N2O2. The second-order valence-corrected chi connectivity index (χ2v) is 5.20. The predicted molar refractivity (Wildman–Crippen MR) is 70.7 cm³/mol. The molecule has 0 bridgehead atoms. The van der Waals surface area contributed by atoms with Crippen molar-refractivity contribution >= 4 is 0 Å². The minimum absolute atomic E-state index is 0.355. The van der Waals surface area contributed by atoms with E-state index in [1.54, 1.807) is 13.3 Å². The lowest BCUT2D eigenvalue weighted by Crippen LogP contribution is -2.36. The largest absolute Gasteiger partial charge is 0.481 e. The highest BCUT2D eigenvalue weighted by Gasteiger charge is 2.26. The summed E-state index contributed by atoms with van der Waals surface area (Å²) in [6, 6.07) is 3.99. The lowest BCUT2D eigenvalue weighted by atomic mass is 9.82. The number of methoxy groups -OCH3 is 1. The molecule has 1 aliphatic heterocycles. The van der Waals surface area contributed by atoms with E-state index in [2.05, 4.69) is 17.2 Å². The monoisotopic (exact) mass is 250 g/mol. The Morgan fingerprint density at radius 2 is 2.22 bits per heavy atom. The van der Waals surface area contributed by atoms with Gasteiger partial charge in [-0.05, 0) is 24.3 Å². The number of aromatic nitrogens is 1. The summed E-state index contributed by atoms with van der Waals surface area (Å²) in [6.07, 6.45) is 4.01. The Morgan fingerprint density at radius 3 is 2.94 bits per heavy atom. The third-order valence-electron chi connectivity index (χ3n) is 3.61. The molecule has 0 saturated carbocycles. The lowest BCUT2D eigenvalue weighted by Gasteiger charge is -2.33. The summed E-state index contributed by atoms with van der Waals surface area (Å²) in [5.74, 6) is 0.710. The van der Waals surface area contributed by atoms with Crippen LogP contribution in [0.5, 0.6) is 5.88 Å². The highest BCUT2D eigenvalue weighted by Crippen LogP contribution is 2.28. The number of pyridine rings is 1. The van der Waals surface area contributed by atoms with Gasteiger partial charge in [0.25, 0.3) is 0 Å². The minimum atomic E-state index is 0.355. The predicted octanol–water partition coefficient (Wildman–Crippen LogP) is 2.00. The average molecular weight is 250 g/mol. The van der Waals surface area contributed by atoms with Crippen LogP contribution in [0, 0.1) is 5.41 Å². The second kappa shape index (κ2) is 6.16. The summed E-state index contributed by atoms with van der Waals surface area (Å²) in [5.41, 5.74) is 1.46. The van der Waals surface area contributed by atoms with E-state index in [1.165, 1.54) is 0 Å². The molecule has 0 radical (unpaired) electrons. The van der Waals surface area contributed by atoms with Crippen LogP contribution in [0.3, 0.4) is 0 Å². The highest BCUT2D eigenvalue weighted by molar-refractivity contribution is 5.24. The molecule has 1 fully saturated rings. The first-order valence-corrected chi connectivity index (χ1v) is 6.50. The van der Waals surface area contributed by atoms with E-state index in [0.29, 0.717) is 11.3 Å². The average Bonchev–Trinajstić information content (AvgIpc) is 2.40. The van der Waals surface area contributed by atoms with Gasteiger partial charge in [-0.2, -0.15) is 0 Å². The van der Waals surface area contributed by atoms with Crippen LogP contribution < -0.4 is 10.1 Å². The first-order valence-electron chi connectivity index (χ1n) is 6.50. The number of hydrogen-bond donors (Lipinski definition) is 1. The van der Waals surface area contributed by atoms with Gasteiger partial charge in [0.15, 0.2) is 0 Å². The molecule has 1 aliphatic rings. The van der Waals surface area contributed by atoms with Gasteiger partial charge in [-0.1, -0.05) is 13.0 Å². The highest BCUT2D eigenvalue weighted by atomic mass is 16.5. The Hall–Kier alpha value is -1.13. The maximum atomic E-state index is 5.41. The maximum absolute atomic E-state index is 5.41. The molecule has 0 amide bonds. The lowest BCUT2D eigenvalue weighted by molar-refractivity contribution is 0.0240. The number of hydrogen-bond acceptors (Lipinski definition) is 4. The first-order chi connectivity index (χ1) is 8.73. The van der Waals surface area contributed by atoms with Crippen molar-refractivity contribution in [3.8, 4) is 5.88 Å². The Morgan fingerprint density at radius 1 is 1.44 bits per heavy atom. The first kappa shape index (κ1) is 13.3. The van der Waals surface area contributed by atoms with Crippen LogP contribution in [0.15, 0.2) is 18.3 Å². The molecular weight excluding hydrogens is 228 g/mol.